The van der Waals surface area contributed by atoms with E-state index in [-0.39, 0.29) is 47.5 Å². The van der Waals surface area contributed by atoms with Crippen LogP contribution in [0.25, 0.3) is 11.1 Å². The second kappa shape index (κ2) is 15.6. The molecule has 3 N–H and O–H groups in total. The van der Waals surface area contributed by atoms with Crippen molar-refractivity contribution in [2.75, 3.05) is 13.2 Å². The van der Waals surface area contributed by atoms with Crippen LogP contribution in [0.4, 0.5) is 0 Å². The summed E-state index contributed by atoms with van der Waals surface area (Å²) in [5.74, 6) is -1.47. The molecule has 11 heteroatoms. The Morgan fingerprint density at radius 2 is 1.43 bits per heavy atom. The maximum Gasteiger partial charge on any atom is 0.266 e. The summed E-state index contributed by atoms with van der Waals surface area (Å²) < 4.78 is 11.8. The monoisotopic (exact) mass is 727 g/mol. The average Bonchev–Trinajstić information content (AvgIpc) is 3.97. The lowest BCUT2D eigenvalue weighted by Crippen LogP contribution is -2.56. The minimum Gasteiger partial charge on any atom is -0.494 e. The lowest BCUT2D eigenvalue weighted by atomic mass is 9.88. The second-order valence-electron chi connectivity index (χ2n) is 14.0. The van der Waals surface area contributed by atoms with Crippen LogP contribution < -0.4 is 20.5 Å². The molecule has 0 saturated heterocycles. The molecule has 54 heavy (non-hydrogen) atoms. The number of Topliss-reactive ketones (excluding diaryl/α,β-unsaturated/α-hetero) is 2. The van der Waals surface area contributed by atoms with E-state index >= 15 is 0 Å². The first kappa shape index (κ1) is 36.4. The Labute approximate surface area is 312 Å². The number of nitrogens with one attached hydrogen (secondary N) is 1. The fourth-order valence-electron chi connectivity index (χ4n) is 6.87. The van der Waals surface area contributed by atoms with E-state index in [0.29, 0.717) is 42.1 Å². The van der Waals surface area contributed by atoms with Gasteiger partial charge in [0, 0.05) is 29.2 Å². The van der Waals surface area contributed by atoms with Gasteiger partial charge in [0.1, 0.15) is 23.6 Å². The normalized spacial score (nSPS) is 18.1. The number of nitrogens with zero attached hydrogens (tertiary/aromatic N) is 1. The van der Waals surface area contributed by atoms with Crippen molar-refractivity contribution in [1.82, 2.24) is 10.2 Å². The molecule has 2 saturated carbocycles. The van der Waals surface area contributed by atoms with Gasteiger partial charge in [0.15, 0.2) is 17.3 Å². The third kappa shape index (κ3) is 7.58. The fourth-order valence-corrected chi connectivity index (χ4v) is 6.87. The van der Waals surface area contributed by atoms with Gasteiger partial charge in [-0.3, -0.25) is 33.7 Å². The first-order chi connectivity index (χ1) is 26.1. The minimum absolute atomic E-state index is 0.0275. The number of amides is 3. The number of unbranched alkanes of at least 4 members (excludes halogenated alkanes) is 2. The van der Waals surface area contributed by atoms with E-state index in [1.54, 1.807) is 48.5 Å². The van der Waals surface area contributed by atoms with Gasteiger partial charge in [-0.1, -0.05) is 36.4 Å². The van der Waals surface area contributed by atoms with Gasteiger partial charge in [-0.05, 0) is 111 Å². The summed E-state index contributed by atoms with van der Waals surface area (Å²) in [5, 5.41) is 3.03. The summed E-state index contributed by atoms with van der Waals surface area (Å²) in [5.41, 5.74) is 10.7. The molecule has 2 fully saturated rings. The molecule has 2 atom stereocenters. The maximum atomic E-state index is 13.3. The van der Waals surface area contributed by atoms with Gasteiger partial charge in [-0.25, -0.2) is 0 Å². The summed E-state index contributed by atoms with van der Waals surface area (Å²) in [7, 11) is 0. The molecular weight excluding hydrogens is 686 g/mol. The lowest BCUT2D eigenvalue weighted by molar-refractivity contribution is -0.134. The highest BCUT2D eigenvalue weighted by Crippen LogP contribution is 2.34. The number of rotatable bonds is 14. The van der Waals surface area contributed by atoms with Gasteiger partial charge in [0.2, 0.25) is 0 Å². The topological polar surface area (TPSA) is 162 Å². The van der Waals surface area contributed by atoms with Crippen molar-refractivity contribution in [2.45, 2.75) is 70.0 Å². The number of carbonyl (C=O) groups excluding carboxylic acids is 6. The number of ether oxygens (including phenoxy) is 2. The smallest absolute Gasteiger partial charge is 0.266 e. The SMILES string of the molecule is Cc1ccc(C(=O)NC2CC2)cc1-c1ccc(C(=O)c2ccc(OCCCCCOc3cccc4c3C(=O)N(C3CCC(=O)[C@@H](N)C3=O)C4=O)cc2)cc1. The summed E-state index contributed by atoms with van der Waals surface area (Å²) in [6.45, 7) is 2.77. The molecule has 4 aromatic carbocycles. The highest BCUT2D eigenvalue weighted by molar-refractivity contribution is 6.25. The standard InChI is InChI=1S/C43H41N3O8/c1-25-8-9-29(41(50)45-30-16-17-30)24-33(25)26-10-12-27(13-11-26)39(48)28-14-18-31(19-15-28)53-22-3-2-4-23-54-36-7-5-6-32-37(36)43(52)46(42(32)51)34-20-21-35(47)38(44)40(34)49/h5-15,18-19,24,30,34,38H,2-4,16-17,20-23,44H2,1H3,(H,45,50)/t34?,38-/m1/s1. The number of hydrogen-bond donors (Lipinski definition) is 2. The molecule has 1 unspecified atom stereocenters. The summed E-state index contributed by atoms with van der Waals surface area (Å²) in [6.07, 6.45) is 4.34. The largest absolute Gasteiger partial charge is 0.494 e. The van der Waals surface area contributed by atoms with Crippen LogP contribution in [0.5, 0.6) is 11.5 Å². The predicted molar refractivity (Wildman–Crippen MR) is 200 cm³/mol. The van der Waals surface area contributed by atoms with Crippen LogP contribution in [0, 0.1) is 6.92 Å². The minimum atomic E-state index is -1.33. The number of aryl methyl sites for hydroxylation is 1. The number of ketones is 3. The highest BCUT2D eigenvalue weighted by Gasteiger charge is 2.48. The van der Waals surface area contributed by atoms with Crippen LogP contribution in [-0.4, -0.2) is 71.3 Å². The van der Waals surface area contributed by atoms with Gasteiger partial charge in [-0.15, -0.1) is 0 Å². The third-order valence-corrected chi connectivity index (χ3v) is 10.2. The summed E-state index contributed by atoms with van der Waals surface area (Å²) in [6, 6.07) is 22.8. The van der Waals surface area contributed by atoms with Gasteiger partial charge in [0.05, 0.1) is 24.3 Å². The van der Waals surface area contributed by atoms with Crippen molar-refractivity contribution < 1.29 is 38.2 Å². The maximum absolute atomic E-state index is 13.3. The second-order valence-corrected chi connectivity index (χ2v) is 14.0. The Morgan fingerprint density at radius 3 is 2.13 bits per heavy atom. The number of imide groups is 1. The van der Waals surface area contributed by atoms with E-state index in [0.717, 1.165) is 47.3 Å². The van der Waals surface area contributed by atoms with Gasteiger partial charge in [-0.2, -0.15) is 0 Å². The van der Waals surface area contributed by atoms with Crippen molar-refractivity contribution in [3.8, 4) is 22.6 Å². The number of nitrogens with two attached hydrogens (primary N) is 1. The predicted octanol–water partition coefficient (Wildman–Crippen LogP) is 5.64. The Balaban J connectivity index is 0.858. The van der Waals surface area contributed by atoms with Gasteiger partial charge in [0.25, 0.3) is 17.7 Å². The first-order valence-corrected chi connectivity index (χ1v) is 18.4. The molecule has 4 aromatic rings. The van der Waals surface area contributed by atoms with Crippen LogP contribution in [0.3, 0.4) is 0 Å². The van der Waals surface area contributed by atoms with Crippen molar-refractivity contribution in [2.24, 2.45) is 5.73 Å². The third-order valence-electron chi connectivity index (χ3n) is 10.2. The van der Waals surface area contributed by atoms with Crippen molar-refractivity contribution in [3.63, 3.8) is 0 Å². The number of hydrogen-bond acceptors (Lipinski definition) is 9. The van der Waals surface area contributed by atoms with E-state index in [1.807, 2.05) is 37.3 Å². The van der Waals surface area contributed by atoms with E-state index in [4.69, 9.17) is 15.2 Å². The molecule has 0 spiro atoms. The first-order valence-electron chi connectivity index (χ1n) is 18.4. The van der Waals surface area contributed by atoms with Crippen LogP contribution in [0.2, 0.25) is 0 Å². The molecule has 1 aliphatic heterocycles. The lowest BCUT2D eigenvalue weighted by Gasteiger charge is -2.30. The number of benzene rings is 4. The van der Waals surface area contributed by atoms with Crippen molar-refractivity contribution in [3.05, 3.63) is 118 Å². The molecule has 0 radical (unpaired) electrons. The zero-order valence-electron chi connectivity index (χ0n) is 30.0. The zero-order valence-corrected chi connectivity index (χ0v) is 30.0. The number of carbonyl (C=O) groups is 6. The fraction of sp³-hybridized carbons (Fsp3) is 0.302. The van der Waals surface area contributed by atoms with Crippen molar-refractivity contribution >= 4 is 35.1 Å². The molecule has 1 heterocycles. The summed E-state index contributed by atoms with van der Waals surface area (Å²) >= 11 is 0. The average molecular weight is 728 g/mol. The van der Waals surface area contributed by atoms with E-state index < -0.39 is 35.5 Å². The molecule has 0 bridgehead atoms. The molecule has 3 aliphatic rings. The summed E-state index contributed by atoms with van der Waals surface area (Å²) in [4.78, 5) is 77.7. The van der Waals surface area contributed by atoms with Crippen LogP contribution >= 0.6 is 0 Å². The van der Waals surface area contributed by atoms with Crippen molar-refractivity contribution in [1.29, 1.82) is 0 Å². The molecular formula is C43H41N3O8. The molecule has 2 aliphatic carbocycles. The Bertz CT molecular complexity index is 2140. The quantitative estimate of drug-likeness (QED) is 0.0725. The van der Waals surface area contributed by atoms with Gasteiger partial charge < -0.3 is 20.5 Å². The Hall–Kier alpha value is -5.94. The van der Waals surface area contributed by atoms with Crippen LogP contribution in [0.15, 0.2) is 84.9 Å². The number of fused-ring (bicyclic) bond motifs is 1. The molecule has 0 aromatic heterocycles. The van der Waals surface area contributed by atoms with Crippen LogP contribution in [0.1, 0.15) is 97.5 Å². The zero-order chi connectivity index (χ0) is 37.9. The van der Waals surface area contributed by atoms with E-state index in [9.17, 15) is 28.8 Å². The Morgan fingerprint density at radius 1 is 0.759 bits per heavy atom. The molecule has 3 amide bonds. The van der Waals surface area contributed by atoms with E-state index in [1.165, 1.54) is 6.07 Å². The molecule has 7 rings (SSSR count). The van der Waals surface area contributed by atoms with Crippen LogP contribution in [-0.2, 0) is 9.59 Å². The van der Waals surface area contributed by atoms with Gasteiger partial charge >= 0.3 is 0 Å². The highest BCUT2D eigenvalue weighted by atomic mass is 16.5. The molecule has 276 valence electrons. The molecule has 11 nitrogen and oxygen atoms in total. The van der Waals surface area contributed by atoms with E-state index in [2.05, 4.69) is 5.32 Å². The Kier molecular flexibility index (Phi) is 10.5.